The van der Waals surface area contributed by atoms with Gasteiger partial charge in [-0.25, -0.2) is 0 Å². The zero-order valence-electron chi connectivity index (χ0n) is 11.8. The number of ether oxygens (including phenoxy) is 2. The molecule has 0 bridgehead atoms. The van der Waals surface area contributed by atoms with E-state index >= 15 is 0 Å². The molecule has 5 heteroatoms. The Kier molecular flexibility index (Phi) is 5.31. The largest absolute Gasteiger partial charge is 0.493 e. The monoisotopic (exact) mass is 355 g/mol. The van der Waals surface area contributed by atoms with Gasteiger partial charge in [0.15, 0.2) is 11.5 Å². The fraction of sp³-hybridized carbons (Fsp3) is 0.333. The molecule has 1 aromatic carbocycles. The van der Waals surface area contributed by atoms with Gasteiger partial charge < -0.3 is 14.8 Å². The molecule has 108 valence electrons. The standard InChI is InChI=1S/C15H18BrNO2S/c1-4-19-14-8-12(5-6-13(14)18-3)17-10(2)15-7-11(16)9-20-15/h5-10,17H,4H2,1-3H3. The molecule has 1 N–H and O–H groups in total. The molecule has 0 fully saturated rings. The summed E-state index contributed by atoms with van der Waals surface area (Å²) in [7, 11) is 1.65. The molecular weight excluding hydrogens is 338 g/mol. The van der Waals surface area contributed by atoms with Gasteiger partial charge in [0.05, 0.1) is 19.8 Å². The second-order valence-electron chi connectivity index (χ2n) is 4.33. The number of halogens is 1. The van der Waals surface area contributed by atoms with Crippen molar-refractivity contribution in [1.82, 2.24) is 0 Å². The zero-order chi connectivity index (χ0) is 14.5. The Morgan fingerprint density at radius 2 is 2.10 bits per heavy atom. The van der Waals surface area contributed by atoms with Crippen molar-refractivity contribution in [2.24, 2.45) is 0 Å². The number of hydrogen-bond acceptors (Lipinski definition) is 4. The lowest BCUT2D eigenvalue weighted by atomic mass is 10.2. The van der Waals surface area contributed by atoms with E-state index in [-0.39, 0.29) is 6.04 Å². The number of thiophene rings is 1. The van der Waals surface area contributed by atoms with Crippen LogP contribution in [0.5, 0.6) is 11.5 Å². The van der Waals surface area contributed by atoms with Crippen molar-refractivity contribution >= 4 is 33.0 Å². The van der Waals surface area contributed by atoms with Gasteiger partial charge in [-0.1, -0.05) is 0 Å². The lowest BCUT2D eigenvalue weighted by Crippen LogP contribution is -2.05. The topological polar surface area (TPSA) is 30.5 Å². The molecule has 0 radical (unpaired) electrons. The van der Waals surface area contributed by atoms with Gasteiger partial charge in [-0.3, -0.25) is 0 Å². The van der Waals surface area contributed by atoms with Crippen LogP contribution in [0.4, 0.5) is 5.69 Å². The van der Waals surface area contributed by atoms with E-state index in [1.807, 2.05) is 25.1 Å². The van der Waals surface area contributed by atoms with E-state index in [9.17, 15) is 0 Å². The highest BCUT2D eigenvalue weighted by Crippen LogP contribution is 2.33. The van der Waals surface area contributed by atoms with Gasteiger partial charge in [0.2, 0.25) is 0 Å². The van der Waals surface area contributed by atoms with E-state index < -0.39 is 0 Å². The molecule has 0 saturated heterocycles. The molecular formula is C15H18BrNO2S. The Morgan fingerprint density at radius 1 is 1.30 bits per heavy atom. The van der Waals surface area contributed by atoms with Crippen molar-refractivity contribution in [2.45, 2.75) is 19.9 Å². The van der Waals surface area contributed by atoms with Gasteiger partial charge in [-0.15, -0.1) is 11.3 Å². The molecule has 0 aliphatic heterocycles. The van der Waals surface area contributed by atoms with Crippen LogP contribution >= 0.6 is 27.3 Å². The van der Waals surface area contributed by atoms with Crippen LogP contribution in [0.3, 0.4) is 0 Å². The third-order valence-electron chi connectivity index (χ3n) is 2.86. The van der Waals surface area contributed by atoms with Gasteiger partial charge in [-0.2, -0.15) is 0 Å². The van der Waals surface area contributed by atoms with E-state index in [2.05, 4.69) is 39.6 Å². The smallest absolute Gasteiger partial charge is 0.163 e. The van der Waals surface area contributed by atoms with Crippen molar-refractivity contribution in [2.75, 3.05) is 19.0 Å². The fourth-order valence-electron chi connectivity index (χ4n) is 1.91. The molecule has 3 nitrogen and oxygen atoms in total. The first kappa shape index (κ1) is 15.2. The first-order chi connectivity index (χ1) is 9.63. The molecule has 2 aromatic rings. The van der Waals surface area contributed by atoms with Crippen LogP contribution in [0.2, 0.25) is 0 Å². The second-order valence-corrected chi connectivity index (χ2v) is 6.19. The molecule has 0 saturated carbocycles. The quantitative estimate of drug-likeness (QED) is 0.782. The number of hydrogen-bond donors (Lipinski definition) is 1. The Labute approximate surface area is 132 Å². The minimum Gasteiger partial charge on any atom is -0.493 e. The Morgan fingerprint density at radius 3 is 2.70 bits per heavy atom. The molecule has 2 rings (SSSR count). The number of nitrogens with one attached hydrogen (secondary N) is 1. The third kappa shape index (κ3) is 3.67. The van der Waals surface area contributed by atoms with Crippen LogP contribution in [-0.2, 0) is 0 Å². The van der Waals surface area contributed by atoms with E-state index in [4.69, 9.17) is 9.47 Å². The Hall–Kier alpha value is -1.20. The van der Waals surface area contributed by atoms with Crippen LogP contribution < -0.4 is 14.8 Å². The maximum atomic E-state index is 5.59. The summed E-state index contributed by atoms with van der Waals surface area (Å²) in [6.07, 6.45) is 0. The van der Waals surface area contributed by atoms with Crippen molar-refractivity contribution in [3.05, 3.63) is 39.0 Å². The predicted octanol–water partition coefficient (Wildman–Crippen LogP) is 5.09. The Balaban J connectivity index is 2.14. The SMILES string of the molecule is CCOc1cc(NC(C)c2cc(Br)cs2)ccc1OC. The molecule has 1 unspecified atom stereocenters. The summed E-state index contributed by atoms with van der Waals surface area (Å²) in [5.74, 6) is 1.52. The van der Waals surface area contributed by atoms with Crippen molar-refractivity contribution < 1.29 is 9.47 Å². The van der Waals surface area contributed by atoms with Gasteiger partial charge >= 0.3 is 0 Å². The second kappa shape index (κ2) is 6.99. The van der Waals surface area contributed by atoms with Crippen LogP contribution in [0.15, 0.2) is 34.1 Å². The normalized spacial score (nSPS) is 12.0. The average molecular weight is 356 g/mol. The summed E-state index contributed by atoms with van der Waals surface area (Å²) < 4.78 is 12.0. The summed E-state index contributed by atoms with van der Waals surface area (Å²) >= 11 is 5.22. The van der Waals surface area contributed by atoms with Crippen molar-refractivity contribution in [1.29, 1.82) is 0 Å². The van der Waals surface area contributed by atoms with E-state index in [0.29, 0.717) is 6.61 Å². The average Bonchev–Trinajstić information content (AvgIpc) is 2.86. The van der Waals surface area contributed by atoms with Crippen LogP contribution in [0.25, 0.3) is 0 Å². The summed E-state index contributed by atoms with van der Waals surface area (Å²) in [5, 5.41) is 5.57. The number of rotatable bonds is 6. The third-order valence-corrected chi connectivity index (χ3v) is 4.74. The Bertz CT molecular complexity index is 571. The van der Waals surface area contributed by atoms with Gasteiger partial charge in [0, 0.05) is 26.5 Å². The van der Waals surface area contributed by atoms with E-state index in [0.717, 1.165) is 21.7 Å². The van der Waals surface area contributed by atoms with E-state index in [1.165, 1.54) is 4.88 Å². The fourth-order valence-corrected chi connectivity index (χ4v) is 3.36. The first-order valence-electron chi connectivity index (χ1n) is 6.45. The molecule has 1 heterocycles. The number of anilines is 1. The minimum absolute atomic E-state index is 0.245. The lowest BCUT2D eigenvalue weighted by Gasteiger charge is -2.16. The summed E-state index contributed by atoms with van der Waals surface area (Å²) in [6.45, 7) is 4.72. The van der Waals surface area contributed by atoms with Crippen LogP contribution in [0, 0.1) is 0 Å². The maximum Gasteiger partial charge on any atom is 0.163 e. The number of methoxy groups -OCH3 is 1. The first-order valence-corrected chi connectivity index (χ1v) is 8.12. The molecule has 20 heavy (non-hydrogen) atoms. The van der Waals surface area contributed by atoms with Gasteiger partial charge in [-0.05, 0) is 48.0 Å². The number of benzene rings is 1. The summed E-state index contributed by atoms with van der Waals surface area (Å²) in [5.41, 5.74) is 1.02. The van der Waals surface area contributed by atoms with Gasteiger partial charge in [0.1, 0.15) is 0 Å². The molecule has 1 atom stereocenters. The lowest BCUT2D eigenvalue weighted by molar-refractivity contribution is 0.311. The molecule has 1 aromatic heterocycles. The summed E-state index contributed by atoms with van der Waals surface area (Å²) in [4.78, 5) is 1.28. The highest BCUT2D eigenvalue weighted by Gasteiger charge is 2.10. The molecule has 0 aliphatic carbocycles. The van der Waals surface area contributed by atoms with Crippen LogP contribution in [0.1, 0.15) is 24.8 Å². The molecule has 0 amide bonds. The maximum absolute atomic E-state index is 5.59. The van der Waals surface area contributed by atoms with Gasteiger partial charge in [0.25, 0.3) is 0 Å². The molecule has 0 aliphatic rings. The predicted molar refractivity (Wildman–Crippen MR) is 88.2 cm³/mol. The van der Waals surface area contributed by atoms with E-state index in [1.54, 1.807) is 18.4 Å². The van der Waals surface area contributed by atoms with Crippen molar-refractivity contribution in [3.8, 4) is 11.5 Å². The van der Waals surface area contributed by atoms with Crippen molar-refractivity contribution in [3.63, 3.8) is 0 Å². The van der Waals surface area contributed by atoms with Crippen LogP contribution in [-0.4, -0.2) is 13.7 Å². The zero-order valence-corrected chi connectivity index (χ0v) is 14.2. The highest BCUT2D eigenvalue weighted by atomic mass is 79.9. The summed E-state index contributed by atoms with van der Waals surface area (Å²) in [6, 6.07) is 8.27. The molecule has 0 spiro atoms. The minimum atomic E-state index is 0.245. The highest BCUT2D eigenvalue weighted by molar-refractivity contribution is 9.10.